The number of hydrogen-bond acceptors (Lipinski definition) is 2. The van der Waals surface area contributed by atoms with E-state index in [9.17, 15) is 0 Å². The van der Waals surface area contributed by atoms with Crippen LogP contribution in [0.4, 0.5) is 0 Å². The summed E-state index contributed by atoms with van der Waals surface area (Å²) >= 11 is 0. The van der Waals surface area contributed by atoms with Crippen LogP contribution in [0.3, 0.4) is 0 Å². The molecule has 0 radical (unpaired) electrons. The molecule has 102 valence electrons. The van der Waals surface area contributed by atoms with E-state index in [1.165, 1.54) is 5.56 Å². The van der Waals surface area contributed by atoms with E-state index in [0.29, 0.717) is 12.5 Å². The molecule has 2 nitrogen and oxygen atoms in total. The van der Waals surface area contributed by atoms with E-state index in [0.717, 1.165) is 12.0 Å². The minimum atomic E-state index is -0.0878. The van der Waals surface area contributed by atoms with Gasteiger partial charge in [0.15, 0.2) is 0 Å². The second-order valence-electron chi connectivity index (χ2n) is 5.85. The molecule has 1 unspecified atom stereocenters. The largest absolute Gasteiger partial charge is 0.374 e. The summed E-state index contributed by atoms with van der Waals surface area (Å²) < 4.78 is 5.85. The van der Waals surface area contributed by atoms with Crippen LogP contribution in [0.25, 0.3) is 0 Å². The van der Waals surface area contributed by atoms with Crippen LogP contribution in [-0.4, -0.2) is 12.2 Å². The molecule has 0 saturated carbocycles. The van der Waals surface area contributed by atoms with E-state index < -0.39 is 0 Å². The lowest BCUT2D eigenvalue weighted by molar-refractivity contribution is -0.0267. The van der Waals surface area contributed by atoms with E-state index in [1.807, 2.05) is 0 Å². The van der Waals surface area contributed by atoms with E-state index in [4.69, 9.17) is 10.5 Å². The smallest absolute Gasteiger partial charge is 0.0666 e. The highest BCUT2D eigenvalue weighted by atomic mass is 16.5. The Bertz CT molecular complexity index is 354. The maximum atomic E-state index is 6.16. The van der Waals surface area contributed by atoms with Crippen LogP contribution < -0.4 is 5.73 Å². The molecule has 2 N–H and O–H groups in total. The van der Waals surface area contributed by atoms with Crippen molar-refractivity contribution < 1.29 is 4.74 Å². The molecule has 2 heteroatoms. The summed E-state index contributed by atoms with van der Waals surface area (Å²) in [7, 11) is 0. The Morgan fingerprint density at radius 3 is 2.06 bits per heavy atom. The van der Waals surface area contributed by atoms with Gasteiger partial charge in [0.05, 0.1) is 18.2 Å². The Morgan fingerprint density at radius 2 is 1.61 bits per heavy atom. The summed E-state index contributed by atoms with van der Waals surface area (Å²) in [5.41, 5.74) is 8.56. The SMILES string of the molecule is CCC(C)(C)OCC(N)c1ccc(C(C)C)cc1. The molecule has 0 fully saturated rings. The molecule has 0 aliphatic carbocycles. The highest BCUT2D eigenvalue weighted by Crippen LogP contribution is 2.20. The molecule has 0 aliphatic heterocycles. The van der Waals surface area contributed by atoms with Crippen LogP contribution in [0.2, 0.25) is 0 Å². The van der Waals surface area contributed by atoms with Gasteiger partial charge in [-0.05, 0) is 37.3 Å². The molecule has 0 amide bonds. The fraction of sp³-hybridized carbons (Fsp3) is 0.625. The van der Waals surface area contributed by atoms with Gasteiger partial charge >= 0.3 is 0 Å². The van der Waals surface area contributed by atoms with Crippen molar-refractivity contribution in [2.45, 2.75) is 58.6 Å². The number of benzene rings is 1. The van der Waals surface area contributed by atoms with Gasteiger partial charge in [-0.1, -0.05) is 45.0 Å². The third kappa shape index (κ3) is 4.43. The zero-order valence-electron chi connectivity index (χ0n) is 12.4. The summed E-state index contributed by atoms with van der Waals surface area (Å²) in [6.45, 7) is 11.3. The van der Waals surface area contributed by atoms with E-state index in [2.05, 4.69) is 58.9 Å². The van der Waals surface area contributed by atoms with Crippen LogP contribution in [0.1, 0.15) is 64.1 Å². The number of hydrogen-bond donors (Lipinski definition) is 1. The molecule has 0 bridgehead atoms. The fourth-order valence-corrected chi connectivity index (χ4v) is 1.64. The quantitative estimate of drug-likeness (QED) is 0.826. The van der Waals surface area contributed by atoms with Crippen LogP contribution in [0, 0.1) is 0 Å². The van der Waals surface area contributed by atoms with Crippen molar-refractivity contribution >= 4 is 0 Å². The molecule has 1 rings (SSSR count). The first-order valence-electron chi connectivity index (χ1n) is 6.85. The predicted molar refractivity (Wildman–Crippen MR) is 77.8 cm³/mol. The minimum Gasteiger partial charge on any atom is -0.374 e. The van der Waals surface area contributed by atoms with Crippen molar-refractivity contribution in [2.75, 3.05) is 6.61 Å². The molecule has 0 aliphatic rings. The second kappa shape index (κ2) is 6.35. The van der Waals surface area contributed by atoms with Crippen molar-refractivity contribution in [3.8, 4) is 0 Å². The Hall–Kier alpha value is -0.860. The highest BCUT2D eigenvalue weighted by Gasteiger charge is 2.17. The van der Waals surface area contributed by atoms with Crippen molar-refractivity contribution in [1.29, 1.82) is 0 Å². The fourth-order valence-electron chi connectivity index (χ4n) is 1.64. The monoisotopic (exact) mass is 249 g/mol. The topological polar surface area (TPSA) is 35.2 Å². The van der Waals surface area contributed by atoms with E-state index in [-0.39, 0.29) is 11.6 Å². The van der Waals surface area contributed by atoms with Crippen LogP contribution >= 0.6 is 0 Å². The van der Waals surface area contributed by atoms with Gasteiger partial charge in [0, 0.05) is 0 Å². The molecular formula is C16H27NO. The predicted octanol–water partition coefficient (Wildman–Crippen LogP) is 4.02. The molecular weight excluding hydrogens is 222 g/mol. The summed E-state index contributed by atoms with van der Waals surface area (Å²) in [5.74, 6) is 0.561. The molecule has 1 aromatic carbocycles. The van der Waals surface area contributed by atoms with E-state index in [1.54, 1.807) is 0 Å². The van der Waals surface area contributed by atoms with Crippen LogP contribution in [0.5, 0.6) is 0 Å². The first kappa shape index (κ1) is 15.2. The molecule has 1 aromatic rings. The summed E-state index contributed by atoms with van der Waals surface area (Å²) in [6.07, 6.45) is 0.992. The van der Waals surface area contributed by atoms with Crippen LogP contribution in [0.15, 0.2) is 24.3 Å². The molecule has 0 aromatic heterocycles. The molecule has 1 atom stereocenters. The number of rotatable bonds is 6. The van der Waals surface area contributed by atoms with Gasteiger partial charge in [-0.2, -0.15) is 0 Å². The summed E-state index contributed by atoms with van der Waals surface area (Å²) in [4.78, 5) is 0. The molecule has 0 heterocycles. The van der Waals surface area contributed by atoms with Gasteiger partial charge in [0.1, 0.15) is 0 Å². The van der Waals surface area contributed by atoms with Gasteiger partial charge in [-0.3, -0.25) is 0 Å². The Kier molecular flexibility index (Phi) is 5.36. The van der Waals surface area contributed by atoms with Gasteiger partial charge < -0.3 is 10.5 Å². The number of nitrogens with two attached hydrogens (primary N) is 1. The highest BCUT2D eigenvalue weighted by molar-refractivity contribution is 5.26. The molecule has 0 saturated heterocycles. The van der Waals surface area contributed by atoms with E-state index >= 15 is 0 Å². The second-order valence-corrected chi connectivity index (χ2v) is 5.85. The average Bonchev–Trinajstić information content (AvgIpc) is 2.36. The zero-order chi connectivity index (χ0) is 13.8. The maximum absolute atomic E-state index is 6.16. The van der Waals surface area contributed by atoms with Gasteiger partial charge in [0.2, 0.25) is 0 Å². The maximum Gasteiger partial charge on any atom is 0.0666 e. The van der Waals surface area contributed by atoms with Crippen LogP contribution in [-0.2, 0) is 4.74 Å². The van der Waals surface area contributed by atoms with Crippen molar-refractivity contribution in [3.63, 3.8) is 0 Å². The lowest BCUT2D eigenvalue weighted by Crippen LogP contribution is -2.28. The first-order chi connectivity index (χ1) is 8.35. The van der Waals surface area contributed by atoms with Crippen molar-refractivity contribution in [1.82, 2.24) is 0 Å². The Labute approximate surface area is 112 Å². The lowest BCUT2D eigenvalue weighted by atomic mass is 9.99. The lowest BCUT2D eigenvalue weighted by Gasteiger charge is -2.25. The number of ether oxygens (including phenoxy) is 1. The third-order valence-corrected chi connectivity index (χ3v) is 3.54. The van der Waals surface area contributed by atoms with Crippen molar-refractivity contribution in [3.05, 3.63) is 35.4 Å². The van der Waals surface area contributed by atoms with Gasteiger partial charge in [0.25, 0.3) is 0 Å². The summed E-state index contributed by atoms with van der Waals surface area (Å²) in [6, 6.07) is 8.50. The Morgan fingerprint density at radius 1 is 1.11 bits per heavy atom. The standard InChI is InChI=1S/C16H27NO/c1-6-16(4,5)18-11-15(17)14-9-7-13(8-10-14)12(2)3/h7-10,12,15H,6,11,17H2,1-5H3. The molecule has 0 spiro atoms. The van der Waals surface area contributed by atoms with Crippen molar-refractivity contribution in [2.24, 2.45) is 5.73 Å². The van der Waals surface area contributed by atoms with Gasteiger partial charge in [-0.25, -0.2) is 0 Å². The molecule has 18 heavy (non-hydrogen) atoms. The zero-order valence-corrected chi connectivity index (χ0v) is 12.4. The summed E-state index contributed by atoms with van der Waals surface area (Å²) in [5, 5.41) is 0. The first-order valence-corrected chi connectivity index (χ1v) is 6.85. The Balaban J connectivity index is 2.59. The normalized spacial score (nSPS) is 13.9. The third-order valence-electron chi connectivity index (χ3n) is 3.54. The minimum absolute atomic E-state index is 0.0444. The van der Waals surface area contributed by atoms with Gasteiger partial charge in [-0.15, -0.1) is 0 Å². The average molecular weight is 249 g/mol.